The van der Waals surface area contributed by atoms with Crippen LogP contribution in [0.5, 0.6) is 0 Å². The number of nitrogens with two attached hydrogens (primary N) is 1. The van der Waals surface area contributed by atoms with E-state index in [1.54, 1.807) is 0 Å². The maximum Gasteiger partial charge on any atom is 0.206 e. The molecule has 13 heavy (non-hydrogen) atoms. The molecule has 0 bridgehead atoms. The van der Waals surface area contributed by atoms with Gasteiger partial charge in [0.15, 0.2) is 0 Å². The van der Waals surface area contributed by atoms with E-state index in [2.05, 4.69) is 38.3 Å². The van der Waals surface area contributed by atoms with E-state index >= 15 is 0 Å². The largest absolute Gasteiger partial charge is 0.326 e. The minimum atomic E-state index is -0.305. The van der Waals surface area contributed by atoms with Gasteiger partial charge in [-0.25, -0.2) is 0 Å². The normalized spacial score (nSPS) is 17.4. The molecule has 1 heterocycles. The van der Waals surface area contributed by atoms with Crippen molar-refractivity contribution < 1.29 is 0 Å². The van der Waals surface area contributed by atoms with Crippen molar-refractivity contribution in [3.63, 3.8) is 0 Å². The summed E-state index contributed by atoms with van der Waals surface area (Å²) in [6.07, 6.45) is 0.808. The van der Waals surface area contributed by atoms with Gasteiger partial charge in [0.2, 0.25) is 5.66 Å². The van der Waals surface area contributed by atoms with Crippen LogP contribution in [0.25, 0.3) is 0 Å². The predicted molar refractivity (Wildman–Crippen MR) is 54.5 cm³/mol. The van der Waals surface area contributed by atoms with Gasteiger partial charge in [0.1, 0.15) is 0 Å². The van der Waals surface area contributed by atoms with E-state index in [0.29, 0.717) is 6.54 Å². The zero-order valence-corrected chi connectivity index (χ0v) is 8.66. The fourth-order valence-electron chi connectivity index (χ4n) is 1.27. The predicted octanol–water partition coefficient (Wildman–Crippen LogP) is 2.11. The summed E-state index contributed by atoms with van der Waals surface area (Å²) in [5.41, 5.74) is 6.46. The highest BCUT2D eigenvalue weighted by atomic mass is 79.9. The minimum Gasteiger partial charge on any atom is -0.326 e. The van der Waals surface area contributed by atoms with Crippen LogP contribution in [-0.4, -0.2) is 12.2 Å². The highest BCUT2D eigenvalue weighted by Gasteiger charge is 2.38. The molecule has 0 amide bonds. The molecule has 2 rings (SSSR count). The first kappa shape index (κ1) is 8.84. The Bertz CT molecular complexity index is 342. The second-order valence-electron chi connectivity index (χ2n) is 3.19. The average molecular weight is 240 g/mol. The average Bonchev–Trinajstić information content (AvgIpc) is 2.86. The molecule has 2 N–H and O–H groups in total. The lowest BCUT2D eigenvalue weighted by Gasteiger charge is -2.07. The molecule has 0 aliphatic carbocycles. The molecule has 1 aromatic carbocycles. The van der Waals surface area contributed by atoms with Gasteiger partial charge in [-0.2, -0.15) is 10.2 Å². The van der Waals surface area contributed by atoms with Crippen molar-refractivity contribution in [1.29, 1.82) is 0 Å². The van der Waals surface area contributed by atoms with Crippen LogP contribution in [0.2, 0.25) is 0 Å². The lowest BCUT2D eigenvalue weighted by Crippen LogP contribution is -2.26. The zero-order chi connectivity index (χ0) is 9.31. The van der Waals surface area contributed by atoms with Gasteiger partial charge in [0.05, 0.1) is 0 Å². The Morgan fingerprint density at radius 1 is 1.38 bits per heavy atom. The number of halogens is 1. The van der Waals surface area contributed by atoms with Gasteiger partial charge in [0, 0.05) is 17.4 Å². The number of hydrogen-bond acceptors (Lipinski definition) is 3. The van der Waals surface area contributed by atoms with Crippen molar-refractivity contribution in [2.75, 3.05) is 6.54 Å². The molecule has 0 aromatic heterocycles. The Hall–Kier alpha value is -0.740. The molecular weight excluding hydrogens is 230 g/mol. The van der Waals surface area contributed by atoms with Crippen LogP contribution >= 0.6 is 15.9 Å². The van der Waals surface area contributed by atoms with Gasteiger partial charge < -0.3 is 5.73 Å². The SMILES string of the molecule is NCC1(Cc2cccc(Br)c2)N=N1. The van der Waals surface area contributed by atoms with E-state index in [1.807, 2.05) is 12.1 Å². The monoisotopic (exact) mass is 239 g/mol. The van der Waals surface area contributed by atoms with Crippen LogP contribution in [0, 0.1) is 0 Å². The summed E-state index contributed by atoms with van der Waals surface area (Å²) in [4.78, 5) is 0. The first-order valence-corrected chi connectivity index (χ1v) is 4.92. The summed E-state index contributed by atoms with van der Waals surface area (Å²) in [6.45, 7) is 0.500. The van der Waals surface area contributed by atoms with Gasteiger partial charge in [0.25, 0.3) is 0 Å². The van der Waals surface area contributed by atoms with E-state index in [-0.39, 0.29) is 5.66 Å². The second-order valence-corrected chi connectivity index (χ2v) is 4.11. The molecule has 3 nitrogen and oxygen atoms in total. The molecule has 0 fully saturated rings. The van der Waals surface area contributed by atoms with E-state index in [0.717, 1.165) is 10.9 Å². The third-order valence-electron chi connectivity index (χ3n) is 2.09. The summed E-state index contributed by atoms with van der Waals surface area (Å²) in [7, 11) is 0. The fraction of sp³-hybridized carbons (Fsp3) is 0.333. The molecule has 0 saturated carbocycles. The van der Waals surface area contributed by atoms with E-state index < -0.39 is 0 Å². The molecule has 1 aliphatic heterocycles. The maximum atomic E-state index is 5.56. The Kier molecular flexibility index (Phi) is 2.17. The fourth-order valence-corrected chi connectivity index (χ4v) is 1.72. The Labute approximate surface area is 85.2 Å². The van der Waals surface area contributed by atoms with Crippen LogP contribution in [-0.2, 0) is 6.42 Å². The van der Waals surface area contributed by atoms with Crippen LogP contribution in [0.3, 0.4) is 0 Å². The summed E-state index contributed by atoms with van der Waals surface area (Å²) >= 11 is 3.42. The molecule has 0 atom stereocenters. The lowest BCUT2D eigenvalue weighted by atomic mass is 10.0. The topological polar surface area (TPSA) is 50.7 Å². The van der Waals surface area contributed by atoms with Gasteiger partial charge in [-0.15, -0.1) is 0 Å². The van der Waals surface area contributed by atoms with Crippen molar-refractivity contribution in [3.05, 3.63) is 34.3 Å². The summed E-state index contributed by atoms with van der Waals surface area (Å²) < 4.78 is 1.08. The number of hydrogen-bond donors (Lipinski definition) is 1. The lowest BCUT2D eigenvalue weighted by molar-refractivity contribution is 0.607. The first-order chi connectivity index (χ1) is 6.24. The van der Waals surface area contributed by atoms with Crippen LogP contribution in [0.1, 0.15) is 5.56 Å². The third-order valence-corrected chi connectivity index (χ3v) is 2.58. The maximum absolute atomic E-state index is 5.56. The van der Waals surface area contributed by atoms with E-state index in [9.17, 15) is 0 Å². The van der Waals surface area contributed by atoms with E-state index in [4.69, 9.17) is 5.73 Å². The highest BCUT2D eigenvalue weighted by Crippen LogP contribution is 2.31. The molecule has 68 valence electrons. The molecule has 1 aliphatic rings. The molecule has 4 heteroatoms. The van der Waals surface area contributed by atoms with Crippen molar-refractivity contribution >= 4 is 15.9 Å². The molecule has 0 unspecified atom stereocenters. The van der Waals surface area contributed by atoms with Gasteiger partial charge >= 0.3 is 0 Å². The molecule has 0 spiro atoms. The highest BCUT2D eigenvalue weighted by molar-refractivity contribution is 9.10. The summed E-state index contributed by atoms with van der Waals surface area (Å²) in [5, 5.41) is 7.92. The Morgan fingerprint density at radius 2 is 2.15 bits per heavy atom. The van der Waals surface area contributed by atoms with Gasteiger partial charge in [-0.1, -0.05) is 28.1 Å². The summed E-state index contributed by atoms with van der Waals surface area (Å²) in [6, 6.07) is 8.14. The quantitative estimate of drug-likeness (QED) is 0.864. The minimum absolute atomic E-state index is 0.305. The smallest absolute Gasteiger partial charge is 0.206 e. The van der Waals surface area contributed by atoms with Crippen LogP contribution in [0.15, 0.2) is 39.0 Å². The van der Waals surface area contributed by atoms with Crippen molar-refractivity contribution in [2.45, 2.75) is 12.1 Å². The standard InChI is InChI=1S/C9H10BrN3/c10-8-3-1-2-7(4-8)5-9(6-11)12-13-9/h1-4H,5-6,11H2. The van der Waals surface area contributed by atoms with Crippen LogP contribution < -0.4 is 5.73 Å². The molecular formula is C9H10BrN3. The molecule has 1 aromatic rings. The first-order valence-electron chi connectivity index (χ1n) is 4.13. The number of rotatable bonds is 3. The second kappa shape index (κ2) is 3.20. The van der Waals surface area contributed by atoms with Gasteiger partial charge in [-0.05, 0) is 17.7 Å². The van der Waals surface area contributed by atoms with E-state index in [1.165, 1.54) is 5.56 Å². The van der Waals surface area contributed by atoms with Crippen molar-refractivity contribution in [3.8, 4) is 0 Å². The van der Waals surface area contributed by atoms with Gasteiger partial charge in [-0.3, -0.25) is 0 Å². The number of nitrogens with zero attached hydrogens (tertiary/aromatic N) is 2. The van der Waals surface area contributed by atoms with Crippen molar-refractivity contribution in [1.82, 2.24) is 0 Å². The molecule has 0 saturated heterocycles. The summed E-state index contributed by atoms with van der Waals surface area (Å²) in [5.74, 6) is 0. The van der Waals surface area contributed by atoms with Crippen molar-refractivity contribution in [2.24, 2.45) is 16.0 Å². The van der Waals surface area contributed by atoms with Crippen LogP contribution in [0.4, 0.5) is 0 Å². The Balaban J connectivity index is 2.10. The molecule has 0 radical (unpaired) electrons. The zero-order valence-electron chi connectivity index (χ0n) is 7.07. The third kappa shape index (κ3) is 1.95. The Morgan fingerprint density at radius 3 is 2.69 bits per heavy atom. The number of benzene rings is 1.